The highest BCUT2D eigenvalue weighted by molar-refractivity contribution is 7.97. The normalized spacial score (nSPS) is 12.0. The topological polar surface area (TPSA) is 72.5 Å². The minimum Gasteiger partial charge on any atom is -0.407 e. The summed E-state index contributed by atoms with van der Waals surface area (Å²) >= 11 is 0. The zero-order valence-electron chi connectivity index (χ0n) is 18.2. The maximum Gasteiger partial charge on any atom is 0.321 e. The van der Waals surface area contributed by atoms with Crippen LogP contribution >= 0.6 is 8.16 Å². The van der Waals surface area contributed by atoms with Crippen molar-refractivity contribution in [3.8, 4) is 0 Å². The van der Waals surface area contributed by atoms with Crippen LogP contribution in [0.4, 0.5) is 0 Å². The van der Waals surface area contributed by atoms with Crippen LogP contribution in [-0.4, -0.2) is 16.3 Å². The van der Waals surface area contributed by atoms with Crippen LogP contribution in [0.25, 0.3) is 43.5 Å². The molecule has 6 aromatic rings. The monoisotopic (exact) mass is 483 g/mol. The number of hydrogen-bond donors (Lipinski definition) is 1. The molecule has 34 heavy (non-hydrogen) atoms. The van der Waals surface area contributed by atoms with Crippen LogP contribution in [0.3, 0.4) is 0 Å². The van der Waals surface area contributed by atoms with Crippen molar-refractivity contribution >= 4 is 75.0 Å². The van der Waals surface area contributed by atoms with Gasteiger partial charge in [0.05, 0.1) is 4.90 Å². The average Bonchev–Trinajstić information content (AvgIpc) is 3.00. The summed E-state index contributed by atoms with van der Waals surface area (Å²) in [6.45, 7) is 0. The van der Waals surface area contributed by atoms with Gasteiger partial charge in [-0.3, -0.25) is 0 Å². The average molecular weight is 483 g/mol. The molecule has 0 aliphatic rings. The Morgan fingerprint density at radius 1 is 0.647 bits per heavy atom. The summed E-state index contributed by atoms with van der Waals surface area (Å²) < 4.78 is 41.3. The van der Waals surface area contributed by atoms with Crippen molar-refractivity contribution in [3.63, 3.8) is 0 Å². The Morgan fingerprint density at radius 2 is 1.15 bits per heavy atom. The number of benzene rings is 5. The van der Waals surface area contributed by atoms with Crippen LogP contribution in [0, 0.1) is 0 Å². The predicted molar refractivity (Wildman–Crippen MR) is 143 cm³/mol. The van der Waals surface area contributed by atoms with Gasteiger partial charge in [-0.05, 0) is 45.8 Å². The third kappa shape index (κ3) is 3.59. The van der Waals surface area contributed by atoms with Gasteiger partial charge in [-0.2, -0.15) is 0 Å². The second kappa shape index (κ2) is 8.06. The summed E-state index contributed by atoms with van der Waals surface area (Å²) in [5.74, 6) is 0. The van der Waals surface area contributed by atoms with Crippen LogP contribution in [-0.2, 0) is 10.0 Å². The van der Waals surface area contributed by atoms with E-state index in [9.17, 15) is 8.42 Å². The fourth-order valence-electron chi connectivity index (χ4n) is 4.27. The van der Waals surface area contributed by atoms with Gasteiger partial charge in [-0.15, -0.1) is 4.49 Å². The summed E-state index contributed by atoms with van der Waals surface area (Å²) in [6.07, 6.45) is 0. The molecule has 0 atom stereocenters. The van der Waals surface area contributed by atoms with Gasteiger partial charge < -0.3 is 8.39 Å². The van der Waals surface area contributed by atoms with Crippen molar-refractivity contribution in [2.75, 3.05) is 4.49 Å². The fourth-order valence-corrected chi connectivity index (χ4v) is 6.97. The molecule has 5 nitrogen and oxygen atoms in total. The molecule has 1 N–H and O–H groups in total. The number of sulfonamides is 1. The summed E-state index contributed by atoms with van der Waals surface area (Å²) in [4.78, 5) is 0.162. The van der Waals surface area contributed by atoms with Gasteiger partial charge in [0, 0.05) is 10.8 Å². The number of fused-ring (bicyclic) bond motifs is 7. The molecule has 6 rings (SSSR count). The fraction of sp³-hybridized carbons (Fsp3) is 0. The van der Waals surface area contributed by atoms with E-state index >= 15 is 0 Å². The molecule has 0 spiro atoms. The highest BCUT2D eigenvalue weighted by Gasteiger charge is 2.19. The van der Waals surface area contributed by atoms with Crippen LogP contribution in [0.5, 0.6) is 0 Å². The van der Waals surface area contributed by atoms with Gasteiger partial charge in [-0.1, -0.05) is 78.3 Å². The van der Waals surface area contributed by atoms with E-state index in [1.54, 1.807) is 24.3 Å². The molecule has 1 heterocycles. The summed E-state index contributed by atoms with van der Waals surface area (Å²) in [5.41, 5.74) is 2.13. The van der Waals surface area contributed by atoms with Crippen molar-refractivity contribution in [2.45, 2.75) is 4.90 Å². The molecule has 0 saturated carbocycles. The Kier molecular flexibility index (Phi) is 4.99. The van der Waals surface area contributed by atoms with Crippen LogP contribution in [0.2, 0.25) is 0 Å². The minimum absolute atomic E-state index is 0.162. The lowest BCUT2D eigenvalue weighted by atomic mass is 9.97. The lowest BCUT2D eigenvalue weighted by Gasteiger charge is -2.05. The van der Waals surface area contributed by atoms with E-state index in [2.05, 4.69) is 16.6 Å². The standard InChI is InChI=1S/C26H19BNO4PS/c27-19-11-13-20(14-12-19)34(29,30)28-33-31-23-15-9-17-5-1-3-7-21(17)25(23)26-22-8-4-2-6-18(22)10-16-24(26)32-33/h1-16,28H,27H2. The molecule has 0 amide bonds. The van der Waals surface area contributed by atoms with E-state index in [0.717, 1.165) is 37.8 Å². The molecule has 0 aliphatic heterocycles. The molecule has 0 fully saturated rings. The Bertz CT molecular complexity index is 1770. The Hall–Kier alpha value is -3.51. The van der Waals surface area contributed by atoms with Gasteiger partial charge >= 0.3 is 8.16 Å². The third-order valence-electron chi connectivity index (χ3n) is 5.92. The molecule has 1 aromatic heterocycles. The SMILES string of the molecule is Bc1ccc(S(=O)(=O)Np2oc3ccc4ccccc4c3c3c(ccc4ccccc43)o2)cc1. The molecule has 0 bridgehead atoms. The first-order chi connectivity index (χ1) is 16.5. The van der Waals surface area contributed by atoms with Crippen LogP contribution in [0.1, 0.15) is 0 Å². The number of nitrogens with one attached hydrogen (secondary N) is 1. The Morgan fingerprint density at radius 3 is 1.68 bits per heavy atom. The van der Waals surface area contributed by atoms with Crippen molar-refractivity contribution in [3.05, 3.63) is 97.1 Å². The first-order valence-corrected chi connectivity index (χ1v) is 13.4. The smallest absolute Gasteiger partial charge is 0.321 e. The van der Waals surface area contributed by atoms with Crippen molar-refractivity contribution in [1.29, 1.82) is 0 Å². The highest BCUT2D eigenvalue weighted by atomic mass is 32.2. The van der Waals surface area contributed by atoms with E-state index in [0.29, 0.717) is 11.2 Å². The maximum atomic E-state index is 13.1. The molecule has 0 radical (unpaired) electrons. The van der Waals surface area contributed by atoms with Crippen LogP contribution < -0.4 is 9.96 Å². The maximum absolute atomic E-state index is 13.1. The van der Waals surface area contributed by atoms with E-state index in [1.165, 1.54) is 0 Å². The lowest BCUT2D eigenvalue weighted by molar-refractivity contribution is 0.599. The van der Waals surface area contributed by atoms with Crippen molar-refractivity contribution in [1.82, 2.24) is 0 Å². The van der Waals surface area contributed by atoms with E-state index in [1.807, 2.05) is 68.5 Å². The quantitative estimate of drug-likeness (QED) is 0.324. The molecular formula is C26H19BNO4PS. The van der Waals surface area contributed by atoms with Gasteiger partial charge in [-0.25, -0.2) is 8.42 Å². The molecule has 166 valence electrons. The zero-order valence-corrected chi connectivity index (χ0v) is 19.9. The Labute approximate surface area is 198 Å². The first-order valence-electron chi connectivity index (χ1n) is 10.8. The Balaban J connectivity index is 1.70. The van der Waals surface area contributed by atoms with E-state index < -0.39 is 18.2 Å². The number of hydrogen-bond acceptors (Lipinski definition) is 4. The first kappa shape index (κ1) is 21.1. The molecule has 0 aliphatic carbocycles. The van der Waals surface area contributed by atoms with Crippen LogP contribution in [0.15, 0.2) is 110 Å². The molecule has 0 unspecified atom stereocenters. The highest BCUT2D eigenvalue weighted by Crippen LogP contribution is 2.40. The molecule has 5 aromatic carbocycles. The molecular weight excluding hydrogens is 464 g/mol. The largest absolute Gasteiger partial charge is 0.407 e. The van der Waals surface area contributed by atoms with E-state index in [4.69, 9.17) is 8.39 Å². The summed E-state index contributed by atoms with van der Waals surface area (Å²) in [5, 5.41) is 5.94. The second-order valence-electron chi connectivity index (χ2n) is 8.17. The van der Waals surface area contributed by atoms with Gasteiger partial charge in [0.2, 0.25) is 0 Å². The molecule has 8 heteroatoms. The second-order valence-corrected chi connectivity index (χ2v) is 11.3. The zero-order chi connectivity index (χ0) is 23.3. The molecule has 0 saturated heterocycles. The third-order valence-corrected chi connectivity index (χ3v) is 9.10. The van der Waals surface area contributed by atoms with Crippen molar-refractivity contribution in [2.24, 2.45) is 0 Å². The predicted octanol–water partition coefficient (Wildman–Crippen LogP) is 5.79. The van der Waals surface area contributed by atoms with Crippen molar-refractivity contribution < 1.29 is 16.8 Å². The van der Waals surface area contributed by atoms with E-state index in [-0.39, 0.29) is 4.90 Å². The summed E-state index contributed by atoms with van der Waals surface area (Å²) in [6, 6.07) is 30.6. The summed E-state index contributed by atoms with van der Waals surface area (Å²) in [7, 11) is -3.98. The van der Waals surface area contributed by atoms with Gasteiger partial charge in [0.1, 0.15) is 19.0 Å². The minimum atomic E-state index is -3.85. The lowest BCUT2D eigenvalue weighted by Crippen LogP contribution is -2.11. The van der Waals surface area contributed by atoms with Gasteiger partial charge in [0.15, 0.2) is 0 Å². The van der Waals surface area contributed by atoms with Gasteiger partial charge in [0.25, 0.3) is 10.0 Å². The number of rotatable bonds is 3.